The Labute approximate surface area is 135 Å². The number of hydrogen-bond donors (Lipinski definition) is 1. The molecule has 0 saturated carbocycles. The Morgan fingerprint density at radius 3 is 2.95 bits per heavy atom. The molecule has 3 rings (SSSR count). The van der Waals surface area contributed by atoms with E-state index in [0.717, 1.165) is 16.6 Å². The summed E-state index contributed by atoms with van der Waals surface area (Å²) in [5.41, 5.74) is 8.88. The number of halogens is 1. The molecule has 0 bridgehead atoms. The standard InChI is InChI=1S/C16H16BrNO2S/c1-10-2-5-15-11(6-10)7-13(20-15)9-21(19)16-8-12(17)3-4-14(16)18/h2-6,8,13H,7,9,18H2,1H3. The summed E-state index contributed by atoms with van der Waals surface area (Å²) in [4.78, 5) is 0.667. The van der Waals surface area contributed by atoms with E-state index in [1.165, 1.54) is 11.1 Å². The Morgan fingerprint density at radius 1 is 1.33 bits per heavy atom. The van der Waals surface area contributed by atoms with Gasteiger partial charge in [-0.25, -0.2) is 0 Å². The first-order valence-electron chi connectivity index (χ1n) is 6.72. The third-order valence-corrected chi connectivity index (χ3v) is 5.53. The minimum absolute atomic E-state index is 0.0546. The van der Waals surface area contributed by atoms with E-state index in [2.05, 4.69) is 28.9 Å². The first-order valence-corrected chi connectivity index (χ1v) is 8.83. The maximum Gasteiger partial charge on any atom is 0.123 e. The number of ether oxygens (including phenoxy) is 1. The summed E-state index contributed by atoms with van der Waals surface area (Å²) in [6.07, 6.45) is 0.748. The number of nitrogens with two attached hydrogens (primary N) is 1. The quantitative estimate of drug-likeness (QED) is 0.847. The highest BCUT2D eigenvalue weighted by Gasteiger charge is 2.25. The van der Waals surface area contributed by atoms with Crippen LogP contribution in [-0.2, 0) is 17.2 Å². The number of nitrogen functional groups attached to an aromatic ring is 1. The molecule has 5 heteroatoms. The van der Waals surface area contributed by atoms with Crippen LogP contribution in [0.1, 0.15) is 11.1 Å². The molecule has 0 amide bonds. The average molecular weight is 366 g/mol. The van der Waals surface area contributed by atoms with Crippen LogP contribution in [0.2, 0.25) is 0 Å². The van der Waals surface area contributed by atoms with Gasteiger partial charge in [0.25, 0.3) is 0 Å². The lowest BCUT2D eigenvalue weighted by atomic mass is 10.1. The van der Waals surface area contributed by atoms with Crippen molar-refractivity contribution in [1.82, 2.24) is 0 Å². The lowest BCUT2D eigenvalue weighted by Crippen LogP contribution is -2.22. The molecule has 110 valence electrons. The molecule has 0 aliphatic carbocycles. The number of anilines is 1. The second kappa shape index (κ2) is 5.81. The molecule has 1 aliphatic heterocycles. The smallest absolute Gasteiger partial charge is 0.123 e. The van der Waals surface area contributed by atoms with Crippen molar-refractivity contribution in [3.63, 3.8) is 0 Å². The third-order valence-electron chi connectivity index (χ3n) is 3.52. The van der Waals surface area contributed by atoms with Crippen LogP contribution in [-0.4, -0.2) is 16.1 Å². The Hall–Kier alpha value is -1.33. The highest BCUT2D eigenvalue weighted by molar-refractivity contribution is 9.10. The van der Waals surface area contributed by atoms with Crippen LogP contribution in [0, 0.1) is 6.92 Å². The van der Waals surface area contributed by atoms with Crippen LogP contribution < -0.4 is 10.5 Å². The topological polar surface area (TPSA) is 52.3 Å². The van der Waals surface area contributed by atoms with Gasteiger partial charge in [0, 0.05) is 16.6 Å². The summed E-state index contributed by atoms with van der Waals surface area (Å²) in [7, 11) is -1.17. The van der Waals surface area contributed by atoms with Gasteiger partial charge in [0.15, 0.2) is 0 Å². The van der Waals surface area contributed by atoms with Gasteiger partial charge in [-0.2, -0.15) is 0 Å². The molecule has 2 unspecified atom stereocenters. The molecule has 1 heterocycles. The minimum Gasteiger partial charge on any atom is -0.489 e. The second-order valence-electron chi connectivity index (χ2n) is 5.25. The molecular formula is C16H16BrNO2S. The summed E-state index contributed by atoms with van der Waals surface area (Å²) in [6.45, 7) is 2.06. The zero-order chi connectivity index (χ0) is 15.0. The van der Waals surface area contributed by atoms with Crippen LogP contribution in [0.5, 0.6) is 5.75 Å². The third kappa shape index (κ3) is 3.14. The normalized spacial score (nSPS) is 18.1. The van der Waals surface area contributed by atoms with Crippen LogP contribution >= 0.6 is 15.9 Å². The maximum absolute atomic E-state index is 12.5. The van der Waals surface area contributed by atoms with E-state index in [1.54, 1.807) is 6.07 Å². The van der Waals surface area contributed by atoms with E-state index in [1.807, 2.05) is 24.3 Å². The Balaban J connectivity index is 1.74. The van der Waals surface area contributed by atoms with Crippen molar-refractivity contribution in [1.29, 1.82) is 0 Å². The molecule has 2 atom stereocenters. The van der Waals surface area contributed by atoms with E-state index in [0.29, 0.717) is 16.3 Å². The molecule has 2 aromatic carbocycles. The monoisotopic (exact) mass is 365 g/mol. The molecule has 0 spiro atoms. The van der Waals surface area contributed by atoms with Gasteiger partial charge in [-0.1, -0.05) is 33.6 Å². The molecule has 1 aliphatic rings. The van der Waals surface area contributed by atoms with Crippen molar-refractivity contribution in [2.24, 2.45) is 0 Å². The van der Waals surface area contributed by atoms with Crippen molar-refractivity contribution in [3.05, 3.63) is 52.0 Å². The van der Waals surface area contributed by atoms with Crippen LogP contribution in [0.3, 0.4) is 0 Å². The van der Waals surface area contributed by atoms with Crippen molar-refractivity contribution in [3.8, 4) is 5.75 Å². The summed E-state index contributed by atoms with van der Waals surface area (Å²) in [5.74, 6) is 1.36. The maximum atomic E-state index is 12.5. The van der Waals surface area contributed by atoms with E-state index in [4.69, 9.17) is 10.5 Å². The minimum atomic E-state index is -1.17. The molecule has 0 saturated heterocycles. The fourth-order valence-electron chi connectivity index (χ4n) is 2.51. The van der Waals surface area contributed by atoms with Gasteiger partial charge in [0.05, 0.1) is 21.4 Å². The predicted octanol–water partition coefficient (Wildman–Crippen LogP) is 3.45. The van der Waals surface area contributed by atoms with Crippen molar-refractivity contribution in [2.75, 3.05) is 11.5 Å². The fourth-order valence-corrected chi connectivity index (χ4v) is 4.31. The van der Waals surface area contributed by atoms with Gasteiger partial charge in [0.2, 0.25) is 0 Å². The van der Waals surface area contributed by atoms with Crippen LogP contribution in [0.4, 0.5) is 5.69 Å². The second-order valence-corrected chi connectivity index (χ2v) is 7.63. The van der Waals surface area contributed by atoms with Gasteiger partial charge in [-0.3, -0.25) is 4.21 Å². The summed E-state index contributed by atoms with van der Waals surface area (Å²) >= 11 is 3.39. The van der Waals surface area contributed by atoms with E-state index < -0.39 is 10.8 Å². The van der Waals surface area contributed by atoms with E-state index in [9.17, 15) is 4.21 Å². The van der Waals surface area contributed by atoms with Gasteiger partial charge >= 0.3 is 0 Å². The first-order chi connectivity index (χ1) is 10.0. The Bertz CT molecular complexity index is 717. The summed E-state index contributed by atoms with van der Waals surface area (Å²) < 4.78 is 19.3. The number of benzene rings is 2. The van der Waals surface area contributed by atoms with Crippen molar-refractivity contribution in [2.45, 2.75) is 24.3 Å². The molecule has 3 nitrogen and oxygen atoms in total. The zero-order valence-electron chi connectivity index (χ0n) is 11.6. The zero-order valence-corrected chi connectivity index (χ0v) is 14.0. The number of hydrogen-bond acceptors (Lipinski definition) is 3. The predicted molar refractivity (Wildman–Crippen MR) is 89.1 cm³/mol. The lowest BCUT2D eigenvalue weighted by molar-refractivity contribution is 0.258. The van der Waals surface area contributed by atoms with Crippen molar-refractivity contribution >= 4 is 32.4 Å². The average Bonchev–Trinajstić information content (AvgIpc) is 2.82. The first kappa shape index (κ1) is 14.6. The van der Waals surface area contributed by atoms with Gasteiger partial charge in [-0.15, -0.1) is 0 Å². The number of rotatable bonds is 3. The molecule has 21 heavy (non-hydrogen) atoms. The van der Waals surface area contributed by atoms with Crippen LogP contribution in [0.25, 0.3) is 0 Å². The molecular weight excluding hydrogens is 350 g/mol. The Kier molecular flexibility index (Phi) is 4.04. The highest BCUT2D eigenvalue weighted by Crippen LogP contribution is 2.31. The van der Waals surface area contributed by atoms with Gasteiger partial charge < -0.3 is 10.5 Å². The molecule has 2 aromatic rings. The van der Waals surface area contributed by atoms with Crippen LogP contribution in [0.15, 0.2) is 45.8 Å². The summed E-state index contributed by atoms with van der Waals surface area (Å²) in [6, 6.07) is 11.6. The highest BCUT2D eigenvalue weighted by atomic mass is 79.9. The molecule has 0 radical (unpaired) electrons. The van der Waals surface area contributed by atoms with E-state index in [-0.39, 0.29) is 6.10 Å². The molecule has 2 N–H and O–H groups in total. The van der Waals surface area contributed by atoms with Gasteiger partial charge in [-0.05, 0) is 36.8 Å². The Morgan fingerprint density at radius 2 is 2.14 bits per heavy atom. The van der Waals surface area contributed by atoms with E-state index >= 15 is 0 Å². The molecule has 0 fully saturated rings. The molecule has 0 aromatic heterocycles. The van der Waals surface area contributed by atoms with Crippen molar-refractivity contribution < 1.29 is 8.95 Å². The SMILES string of the molecule is Cc1ccc2c(c1)CC(CS(=O)c1cc(Br)ccc1N)O2. The van der Waals surface area contributed by atoms with Gasteiger partial charge in [0.1, 0.15) is 11.9 Å². The number of aryl methyl sites for hydroxylation is 1. The largest absolute Gasteiger partial charge is 0.489 e. The fraction of sp³-hybridized carbons (Fsp3) is 0.250. The number of fused-ring (bicyclic) bond motifs is 1. The summed E-state index contributed by atoms with van der Waals surface area (Å²) in [5, 5.41) is 0. The lowest BCUT2D eigenvalue weighted by Gasteiger charge is -2.12.